The molecule has 3 rings (SSSR count). The fraction of sp³-hybridized carbons (Fsp3) is 0.375. The van der Waals surface area contributed by atoms with Crippen LogP contribution in [0.1, 0.15) is 10.4 Å². The van der Waals surface area contributed by atoms with Crippen molar-refractivity contribution in [3.63, 3.8) is 0 Å². The molecule has 0 atom stereocenters. The molecule has 6 nitrogen and oxygen atoms in total. The molecule has 0 spiro atoms. The van der Waals surface area contributed by atoms with Gasteiger partial charge in [-0.1, -0.05) is 11.6 Å². The van der Waals surface area contributed by atoms with E-state index in [9.17, 15) is 4.79 Å². The van der Waals surface area contributed by atoms with Crippen LogP contribution >= 0.6 is 24.0 Å². The van der Waals surface area contributed by atoms with Crippen LogP contribution in [0.5, 0.6) is 5.75 Å². The molecular formula is C16H20Cl2N4O2. The number of imidazole rings is 1. The van der Waals surface area contributed by atoms with Crippen LogP contribution in [0.3, 0.4) is 0 Å². The Hall–Kier alpha value is -1.92. The van der Waals surface area contributed by atoms with E-state index in [1.807, 2.05) is 22.7 Å². The van der Waals surface area contributed by atoms with Crippen LogP contribution in [0, 0.1) is 0 Å². The monoisotopic (exact) mass is 370 g/mol. The highest BCUT2D eigenvalue weighted by Crippen LogP contribution is 2.25. The van der Waals surface area contributed by atoms with Gasteiger partial charge in [-0.05, 0) is 18.2 Å². The highest BCUT2D eigenvalue weighted by atomic mass is 35.5. The van der Waals surface area contributed by atoms with Crippen molar-refractivity contribution in [1.82, 2.24) is 14.5 Å². The minimum absolute atomic E-state index is 0. The predicted molar refractivity (Wildman–Crippen MR) is 96.6 cm³/mol. The lowest BCUT2D eigenvalue weighted by Crippen LogP contribution is -2.49. The molecule has 24 heavy (non-hydrogen) atoms. The van der Waals surface area contributed by atoms with Crippen LogP contribution < -0.4 is 9.64 Å². The number of halogens is 2. The molecular weight excluding hydrogens is 351 g/mol. The standard InChI is InChI=1S/C16H19ClN4O2.ClH/c1-19-6-5-18-16(19)21-9-7-20(8-10-21)15(22)13-11-12(17)3-4-14(13)23-2;/h3-6,11H,7-10H2,1-2H3;1H. The average molecular weight is 371 g/mol. The van der Waals surface area contributed by atoms with E-state index in [2.05, 4.69) is 9.88 Å². The third-order valence-corrected chi connectivity index (χ3v) is 4.27. The Balaban J connectivity index is 0.00000208. The number of amides is 1. The quantitative estimate of drug-likeness (QED) is 0.832. The number of benzene rings is 1. The van der Waals surface area contributed by atoms with Gasteiger partial charge in [0.2, 0.25) is 5.95 Å². The average Bonchev–Trinajstić information content (AvgIpc) is 3.00. The van der Waals surface area contributed by atoms with Gasteiger partial charge in [-0.25, -0.2) is 4.98 Å². The van der Waals surface area contributed by atoms with Gasteiger partial charge in [-0.15, -0.1) is 12.4 Å². The molecule has 0 N–H and O–H groups in total. The van der Waals surface area contributed by atoms with Gasteiger partial charge < -0.3 is 19.1 Å². The maximum Gasteiger partial charge on any atom is 0.257 e. The van der Waals surface area contributed by atoms with E-state index in [-0.39, 0.29) is 18.3 Å². The summed E-state index contributed by atoms with van der Waals surface area (Å²) in [6.07, 6.45) is 3.70. The van der Waals surface area contributed by atoms with Crippen molar-refractivity contribution >= 4 is 35.9 Å². The molecule has 0 saturated carbocycles. The summed E-state index contributed by atoms with van der Waals surface area (Å²) < 4.78 is 7.26. The second-order valence-electron chi connectivity index (χ2n) is 5.46. The first-order chi connectivity index (χ1) is 11.1. The van der Waals surface area contributed by atoms with Gasteiger partial charge in [0.15, 0.2) is 0 Å². The number of rotatable bonds is 3. The van der Waals surface area contributed by atoms with E-state index in [1.54, 1.807) is 31.5 Å². The Bertz CT molecular complexity index is 712. The minimum atomic E-state index is -0.0520. The lowest BCUT2D eigenvalue weighted by atomic mass is 10.1. The number of anilines is 1. The lowest BCUT2D eigenvalue weighted by Gasteiger charge is -2.35. The van der Waals surface area contributed by atoms with E-state index >= 15 is 0 Å². The number of nitrogens with zero attached hydrogens (tertiary/aromatic N) is 4. The van der Waals surface area contributed by atoms with Crippen LogP contribution in [-0.2, 0) is 7.05 Å². The zero-order valence-corrected chi connectivity index (χ0v) is 15.2. The fourth-order valence-electron chi connectivity index (χ4n) is 2.79. The third-order valence-electron chi connectivity index (χ3n) is 4.04. The van der Waals surface area contributed by atoms with Crippen molar-refractivity contribution in [3.05, 3.63) is 41.2 Å². The number of ether oxygens (including phenoxy) is 1. The van der Waals surface area contributed by atoms with Crippen molar-refractivity contribution in [2.75, 3.05) is 38.2 Å². The van der Waals surface area contributed by atoms with Crippen molar-refractivity contribution in [3.8, 4) is 5.75 Å². The lowest BCUT2D eigenvalue weighted by molar-refractivity contribution is 0.0742. The van der Waals surface area contributed by atoms with Gasteiger partial charge in [0.1, 0.15) is 5.75 Å². The van der Waals surface area contributed by atoms with Crippen molar-refractivity contribution in [1.29, 1.82) is 0 Å². The van der Waals surface area contributed by atoms with E-state index < -0.39 is 0 Å². The maximum absolute atomic E-state index is 12.7. The number of hydrogen-bond donors (Lipinski definition) is 0. The first-order valence-electron chi connectivity index (χ1n) is 7.45. The van der Waals surface area contributed by atoms with Gasteiger partial charge in [0.25, 0.3) is 5.91 Å². The Kier molecular flexibility index (Phi) is 5.96. The van der Waals surface area contributed by atoms with Crippen molar-refractivity contribution in [2.45, 2.75) is 0 Å². The first kappa shape index (κ1) is 18.4. The Morgan fingerprint density at radius 1 is 1.25 bits per heavy atom. The van der Waals surface area contributed by atoms with Crippen LogP contribution in [0.15, 0.2) is 30.6 Å². The van der Waals surface area contributed by atoms with Gasteiger partial charge >= 0.3 is 0 Å². The molecule has 2 aromatic rings. The Labute approximate surface area is 152 Å². The Morgan fingerprint density at radius 3 is 2.54 bits per heavy atom. The highest BCUT2D eigenvalue weighted by molar-refractivity contribution is 6.31. The SMILES string of the molecule is COc1ccc(Cl)cc1C(=O)N1CCN(c2nccn2C)CC1.Cl. The molecule has 0 aliphatic carbocycles. The largest absolute Gasteiger partial charge is 0.496 e. The highest BCUT2D eigenvalue weighted by Gasteiger charge is 2.25. The van der Waals surface area contributed by atoms with Crippen LogP contribution in [-0.4, -0.2) is 53.6 Å². The number of aromatic nitrogens is 2. The second kappa shape index (κ2) is 7.77. The normalized spacial score (nSPS) is 14.3. The summed E-state index contributed by atoms with van der Waals surface area (Å²) in [6.45, 7) is 2.78. The second-order valence-corrected chi connectivity index (χ2v) is 5.90. The summed E-state index contributed by atoms with van der Waals surface area (Å²) in [5.74, 6) is 1.42. The smallest absolute Gasteiger partial charge is 0.257 e. The molecule has 2 heterocycles. The molecule has 0 radical (unpaired) electrons. The molecule has 0 bridgehead atoms. The van der Waals surface area contributed by atoms with E-state index in [1.165, 1.54) is 0 Å². The maximum atomic E-state index is 12.7. The summed E-state index contributed by atoms with van der Waals surface area (Å²) in [5, 5.41) is 0.529. The van der Waals surface area contributed by atoms with Crippen LogP contribution in [0.2, 0.25) is 5.02 Å². The topological polar surface area (TPSA) is 50.6 Å². The minimum Gasteiger partial charge on any atom is -0.496 e. The molecule has 1 saturated heterocycles. The molecule has 8 heteroatoms. The third kappa shape index (κ3) is 3.60. The summed E-state index contributed by atoms with van der Waals surface area (Å²) in [5.41, 5.74) is 0.505. The summed E-state index contributed by atoms with van der Waals surface area (Å²) in [4.78, 5) is 21.1. The van der Waals surface area contributed by atoms with Crippen molar-refractivity contribution in [2.24, 2.45) is 7.05 Å². The number of hydrogen-bond acceptors (Lipinski definition) is 4. The number of methoxy groups -OCH3 is 1. The van der Waals surface area contributed by atoms with E-state index in [0.717, 1.165) is 19.0 Å². The molecule has 1 fully saturated rings. The van der Waals surface area contributed by atoms with Gasteiger partial charge in [0, 0.05) is 50.6 Å². The fourth-order valence-corrected chi connectivity index (χ4v) is 2.96. The predicted octanol–water partition coefficient (Wildman–Crippen LogP) is 2.47. The number of carbonyl (C=O) groups excluding carboxylic acids is 1. The molecule has 1 aromatic carbocycles. The number of carbonyl (C=O) groups is 1. The summed E-state index contributed by atoms with van der Waals surface area (Å²) in [7, 11) is 3.52. The molecule has 1 amide bonds. The van der Waals surface area contributed by atoms with Crippen molar-refractivity contribution < 1.29 is 9.53 Å². The van der Waals surface area contributed by atoms with Gasteiger partial charge in [-0.2, -0.15) is 0 Å². The molecule has 130 valence electrons. The summed E-state index contributed by atoms with van der Waals surface area (Å²) >= 11 is 6.02. The first-order valence-corrected chi connectivity index (χ1v) is 7.83. The van der Waals surface area contributed by atoms with Crippen LogP contribution in [0.4, 0.5) is 5.95 Å². The molecule has 1 aliphatic rings. The van der Waals surface area contributed by atoms with E-state index in [0.29, 0.717) is 29.4 Å². The van der Waals surface area contributed by atoms with Crippen LogP contribution in [0.25, 0.3) is 0 Å². The molecule has 0 unspecified atom stereocenters. The molecule has 1 aliphatic heterocycles. The van der Waals surface area contributed by atoms with E-state index in [4.69, 9.17) is 16.3 Å². The zero-order chi connectivity index (χ0) is 16.4. The molecule has 1 aromatic heterocycles. The van der Waals surface area contributed by atoms with Gasteiger partial charge in [0.05, 0.1) is 12.7 Å². The number of aryl methyl sites for hydroxylation is 1. The summed E-state index contributed by atoms with van der Waals surface area (Å²) in [6, 6.07) is 5.10. The Morgan fingerprint density at radius 2 is 1.96 bits per heavy atom. The number of piperazine rings is 1. The van der Waals surface area contributed by atoms with Gasteiger partial charge in [-0.3, -0.25) is 4.79 Å². The zero-order valence-electron chi connectivity index (χ0n) is 13.6.